The third-order valence-electron chi connectivity index (χ3n) is 12.4. The van der Waals surface area contributed by atoms with Gasteiger partial charge < -0.3 is 4.42 Å². The van der Waals surface area contributed by atoms with Crippen molar-refractivity contribution in [3.8, 4) is 67.5 Å². The number of nitrogens with zero attached hydrogens (tertiary/aromatic N) is 3. The second-order valence-corrected chi connectivity index (χ2v) is 15.9. The molecular weight excluding hydrogens is 755 g/mol. The molecule has 0 saturated carbocycles. The Labute approximate surface area is 359 Å². The fourth-order valence-corrected chi connectivity index (χ4v) is 9.55. The zero-order valence-corrected chi connectivity index (χ0v) is 33.6. The number of furan rings is 1. The summed E-state index contributed by atoms with van der Waals surface area (Å²) in [5.74, 6) is 1.87. The first-order valence-corrected chi connectivity index (χ1v) is 21.0. The van der Waals surface area contributed by atoms with Gasteiger partial charge in [0.15, 0.2) is 17.5 Å². The molecule has 2 aromatic heterocycles. The molecule has 1 aliphatic carbocycles. The Bertz CT molecular complexity index is 3420. The average molecular weight is 792 g/mol. The molecule has 1 aliphatic rings. The highest BCUT2D eigenvalue weighted by Crippen LogP contribution is 2.56. The van der Waals surface area contributed by atoms with Crippen LogP contribution in [-0.4, -0.2) is 15.0 Å². The zero-order valence-electron chi connectivity index (χ0n) is 33.6. The standard InChI is InChI=1S/C58H37N3O/c1-3-15-38(16-4-1)39-29-31-41(32-30-39)56-59-55(40-17-5-2-6-18-40)60-57(61-56)44-20-14-22-46(36-44)58(51-26-10-7-23-47(51)48-24-8-11-27-52(48)58)45-21-13-19-42(35-45)43-33-34-50-49-25-9-12-28-53(49)62-54(50)37-43/h1-37H. The third-order valence-corrected chi connectivity index (χ3v) is 12.4. The largest absolute Gasteiger partial charge is 0.456 e. The summed E-state index contributed by atoms with van der Waals surface area (Å²) in [7, 11) is 0. The van der Waals surface area contributed by atoms with Gasteiger partial charge in [-0.3, -0.25) is 0 Å². The lowest BCUT2D eigenvalue weighted by atomic mass is 9.67. The SMILES string of the molecule is c1ccc(-c2ccc(-c3nc(-c4ccccc4)nc(-c4cccc(C5(c6cccc(-c7ccc8c(c7)oc7ccccc78)c6)c6ccccc6-c6ccccc65)c4)n3)cc2)cc1. The Kier molecular flexibility index (Phi) is 8.36. The Morgan fingerprint density at radius 1 is 0.290 bits per heavy atom. The van der Waals surface area contributed by atoms with Gasteiger partial charge in [-0.15, -0.1) is 0 Å². The van der Waals surface area contributed by atoms with Gasteiger partial charge in [0.05, 0.1) is 5.41 Å². The van der Waals surface area contributed by atoms with E-state index < -0.39 is 5.41 Å². The molecule has 2 heterocycles. The van der Waals surface area contributed by atoms with Crippen molar-refractivity contribution in [3.05, 3.63) is 247 Å². The molecule has 4 heteroatoms. The molecule has 0 spiro atoms. The van der Waals surface area contributed by atoms with E-state index in [1.54, 1.807) is 0 Å². The van der Waals surface area contributed by atoms with Gasteiger partial charge in [-0.2, -0.15) is 0 Å². The van der Waals surface area contributed by atoms with E-state index in [0.717, 1.165) is 60.9 Å². The number of aromatic nitrogens is 3. The second kappa shape index (κ2) is 14.5. The van der Waals surface area contributed by atoms with Gasteiger partial charge in [0.25, 0.3) is 0 Å². The number of benzene rings is 9. The van der Waals surface area contributed by atoms with E-state index in [1.165, 1.54) is 33.4 Å². The van der Waals surface area contributed by atoms with E-state index in [4.69, 9.17) is 19.4 Å². The quantitative estimate of drug-likeness (QED) is 0.161. The zero-order chi connectivity index (χ0) is 41.0. The molecule has 0 N–H and O–H groups in total. The van der Waals surface area contributed by atoms with E-state index in [2.05, 4.69) is 188 Å². The van der Waals surface area contributed by atoms with Crippen LogP contribution in [0.15, 0.2) is 229 Å². The lowest BCUT2D eigenvalue weighted by molar-refractivity contribution is 0.669. The first-order chi connectivity index (χ1) is 30.7. The van der Waals surface area contributed by atoms with Crippen LogP contribution in [0.2, 0.25) is 0 Å². The minimum Gasteiger partial charge on any atom is -0.456 e. The molecule has 62 heavy (non-hydrogen) atoms. The predicted molar refractivity (Wildman–Crippen MR) is 252 cm³/mol. The average Bonchev–Trinajstić information content (AvgIpc) is 3.88. The lowest BCUT2D eigenvalue weighted by Crippen LogP contribution is -2.28. The Morgan fingerprint density at radius 2 is 0.726 bits per heavy atom. The van der Waals surface area contributed by atoms with E-state index in [1.807, 2.05) is 36.4 Å². The molecule has 12 rings (SSSR count). The van der Waals surface area contributed by atoms with Gasteiger partial charge in [0.1, 0.15) is 11.2 Å². The van der Waals surface area contributed by atoms with E-state index in [-0.39, 0.29) is 0 Å². The van der Waals surface area contributed by atoms with Crippen LogP contribution in [0.4, 0.5) is 0 Å². The van der Waals surface area contributed by atoms with Crippen molar-refractivity contribution in [1.29, 1.82) is 0 Å². The summed E-state index contributed by atoms with van der Waals surface area (Å²) in [4.78, 5) is 15.5. The van der Waals surface area contributed by atoms with Gasteiger partial charge in [-0.1, -0.05) is 194 Å². The molecule has 0 atom stereocenters. The molecule has 4 nitrogen and oxygen atoms in total. The number of rotatable bonds is 7. The Morgan fingerprint density at radius 3 is 1.40 bits per heavy atom. The molecule has 0 radical (unpaired) electrons. The fourth-order valence-electron chi connectivity index (χ4n) is 9.55. The van der Waals surface area contributed by atoms with Crippen LogP contribution in [0.1, 0.15) is 22.3 Å². The number of hydrogen-bond acceptors (Lipinski definition) is 4. The summed E-state index contributed by atoms with van der Waals surface area (Å²) < 4.78 is 6.36. The summed E-state index contributed by atoms with van der Waals surface area (Å²) in [6.07, 6.45) is 0. The molecule has 9 aromatic carbocycles. The van der Waals surface area contributed by atoms with Crippen LogP contribution in [-0.2, 0) is 5.41 Å². The molecule has 0 saturated heterocycles. The first-order valence-electron chi connectivity index (χ1n) is 21.0. The molecule has 0 unspecified atom stereocenters. The van der Waals surface area contributed by atoms with Crippen LogP contribution in [0, 0.1) is 0 Å². The monoisotopic (exact) mass is 791 g/mol. The van der Waals surface area contributed by atoms with Crippen LogP contribution in [0.5, 0.6) is 0 Å². The highest BCUT2D eigenvalue weighted by atomic mass is 16.3. The molecular formula is C58H37N3O. The summed E-state index contributed by atoms with van der Waals surface area (Å²) >= 11 is 0. The van der Waals surface area contributed by atoms with Crippen molar-refractivity contribution in [3.63, 3.8) is 0 Å². The highest BCUT2D eigenvalue weighted by molar-refractivity contribution is 6.06. The van der Waals surface area contributed by atoms with Crippen LogP contribution in [0.25, 0.3) is 89.5 Å². The van der Waals surface area contributed by atoms with Crippen LogP contribution < -0.4 is 0 Å². The topological polar surface area (TPSA) is 51.8 Å². The van der Waals surface area contributed by atoms with Crippen molar-refractivity contribution in [1.82, 2.24) is 15.0 Å². The van der Waals surface area contributed by atoms with E-state index in [9.17, 15) is 0 Å². The van der Waals surface area contributed by atoms with Gasteiger partial charge in [-0.25, -0.2) is 15.0 Å². The van der Waals surface area contributed by atoms with E-state index >= 15 is 0 Å². The van der Waals surface area contributed by atoms with Crippen molar-refractivity contribution in [2.75, 3.05) is 0 Å². The predicted octanol–water partition coefficient (Wildman–Crippen LogP) is 14.5. The van der Waals surface area contributed by atoms with Crippen LogP contribution >= 0.6 is 0 Å². The lowest BCUT2D eigenvalue weighted by Gasteiger charge is -2.34. The highest BCUT2D eigenvalue weighted by Gasteiger charge is 2.46. The third kappa shape index (κ3) is 5.80. The minimum atomic E-state index is -0.645. The maximum absolute atomic E-state index is 6.36. The maximum atomic E-state index is 6.36. The van der Waals surface area contributed by atoms with Gasteiger partial charge in [-0.05, 0) is 86.0 Å². The van der Waals surface area contributed by atoms with Crippen molar-refractivity contribution >= 4 is 21.9 Å². The Balaban J connectivity index is 1.04. The van der Waals surface area contributed by atoms with Gasteiger partial charge >= 0.3 is 0 Å². The Hall–Kier alpha value is -8.21. The van der Waals surface area contributed by atoms with E-state index in [0.29, 0.717) is 17.5 Å². The van der Waals surface area contributed by atoms with Crippen molar-refractivity contribution in [2.24, 2.45) is 0 Å². The molecule has 0 bridgehead atoms. The van der Waals surface area contributed by atoms with Crippen molar-refractivity contribution in [2.45, 2.75) is 5.41 Å². The number of para-hydroxylation sites is 1. The smallest absolute Gasteiger partial charge is 0.164 e. The molecule has 0 fully saturated rings. The number of hydrogen-bond donors (Lipinski definition) is 0. The molecule has 0 aliphatic heterocycles. The molecule has 11 aromatic rings. The normalized spacial score (nSPS) is 12.6. The van der Waals surface area contributed by atoms with Crippen molar-refractivity contribution < 1.29 is 4.42 Å². The van der Waals surface area contributed by atoms with Gasteiger partial charge in [0, 0.05) is 27.5 Å². The minimum absolute atomic E-state index is 0.616. The maximum Gasteiger partial charge on any atom is 0.164 e. The molecule has 0 amide bonds. The van der Waals surface area contributed by atoms with Crippen LogP contribution in [0.3, 0.4) is 0 Å². The summed E-state index contributed by atoms with van der Waals surface area (Å²) in [5, 5.41) is 2.25. The second-order valence-electron chi connectivity index (χ2n) is 15.9. The van der Waals surface area contributed by atoms with Gasteiger partial charge in [0.2, 0.25) is 0 Å². The number of fused-ring (bicyclic) bond motifs is 6. The summed E-state index contributed by atoms with van der Waals surface area (Å²) in [5.41, 5.74) is 15.7. The molecule has 290 valence electrons. The fraction of sp³-hybridized carbons (Fsp3) is 0.0172. The summed E-state index contributed by atoms with van der Waals surface area (Å²) in [6.45, 7) is 0. The summed E-state index contributed by atoms with van der Waals surface area (Å²) in [6, 6.07) is 79.5. The first kappa shape index (κ1) is 35.7.